The van der Waals surface area contributed by atoms with Gasteiger partial charge in [0.25, 0.3) is 5.91 Å². The molecule has 4 rings (SSSR count). The third-order valence-electron chi connectivity index (χ3n) is 4.34. The normalized spacial score (nSPS) is 15.0. The molecule has 0 atom stereocenters. The van der Waals surface area contributed by atoms with Crippen LogP contribution in [0.3, 0.4) is 0 Å². The number of rotatable bonds is 2. The summed E-state index contributed by atoms with van der Waals surface area (Å²) in [5, 5.41) is 9.53. The second-order valence-electron chi connectivity index (χ2n) is 5.91. The molecule has 1 aliphatic rings. The number of carbonyl (C=O) groups excluding carboxylic acids is 1. The first kappa shape index (κ1) is 14.6. The highest BCUT2D eigenvalue weighted by Gasteiger charge is 2.23. The maximum Gasteiger partial charge on any atom is 0.254 e. The number of amides is 1. The summed E-state index contributed by atoms with van der Waals surface area (Å²) in [6, 6.07) is 14.4. The molecule has 6 nitrogen and oxygen atoms in total. The van der Waals surface area contributed by atoms with E-state index in [1.807, 2.05) is 29.2 Å². The van der Waals surface area contributed by atoms with Gasteiger partial charge in [-0.1, -0.05) is 18.2 Å². The second kappa shape index (κ2) is 5.88. The zero-order valence-corrected chi connectivity index (χ0v) is 13.1. The van der Waals surface area contributed by atoms with Crippen molar-refractivity contribution in [1.29, 1.82) is 0 Å². The molecule has 1 amide bonds. The van der Waals surface area contributed by atoms with Gasteiger partial charge in [-0.2, -0.15) is 0 Å². The Balaban J connectivity index is 1.45. The molecule has 1 fully saturated rings. The number of para-hydroxylation sites is 2. The standard InChI is InChI=1S/C18H18N4O2/c23-14-5-3-4-13(12-14)17(24)21-8-10-22(11-9-21)18-19-15-6-1-2-7-16(15)20-18/h1-7,12,23H,8-11H2,(H,19,20). The Morgan fingerprint density at radius 2 is 1.83 bits per heavy atom. The summed E-state index contributed by atoms with van der Waals surface area (Å²) in [5.41, 5.74) is 2.49. The number of hydrogen-bond acceptors (Lipinski definition) is 4. The van der Waals surface area contributed by atoms with Gasteiger partial charge in [-0.15, -0.1) is 0 Å². The van der Waals surface area contributed by atoms with E-state index < -0.39 is 0 Å². The molecule has 122 valence electrons. The van der Waals surface area contributed by atoms with Gasteiger partial charge in [-0.3, -0.25) is 4.79 Å². The lowest BCUT2D eigenvalue weighted by atomic mass is 10.1. The fourth-order valence-corrected chi connectivity index (χ4v) is 3.03. The number of aromatic nitrogens is 2. The molecule has 1 aromatic heterocycles. The SMILES string of the molecule is O=C(c1cccc(O)c1)N1CCN(c2nc3ccccc3[nH]2)CC1. The molecular formula is C18H18N4O2. The molecule has 0 radical (unpaired) electrons. The highest BCUT2D eigenvalue weighted by molar-refractivity contribution is 5.94. The number of piperazine rings is 1. The van der Waals surface area contributed by atoms with Gasteiger partial charge in [0, 0.05) is 31.7 Å². The number of carbonyl (C=O) groups is 1. The summed E-state index contributed by atoms with van der Waals surface area (Å²) >= 11 is 0. The number of phenols is 1. The van der Waals surface area contributed by atoms with E-state index in [9.17, 15) is 9.90 Å². The average Bonchev–Trinajstić information content (AvgIpc) is 3.05. The number of aromatic amines is 1. The van der Waals surface area contributed by atoms with Crippen LogP contribution in [0, 0.1) is 0 Å². The Morgan fingerprint density at radius 3 is 2.58 bits per heavy atom. The summed E-state index contributed by atoms with van der Waals surface area (Å²) in [7, 11) is 0. The molecule has 2 aromatic carbocycles. The molecule has 6 heteroatoms. The Labute approximate surface area is 139 Å². The van der Waals surface area contributed by atoms with Crippen LogP contribution >= 0.6 is 0 Å². The van der Waals surface area contributed by atoms with Crippen molar-refractivity contribution in [2.24, 2.45) is 0 Å². The summed E-state index contributed by atoms with van der Waals surface area (Å²) < 4.78 is 0. The Hall–Kier alpha value is -3.02. The molecule has 0 spiro atoms. The van der Waals surface area contributed by atoms with Crippen LogP contribution in [0.5, 0.6) is 5.75 Å². The minimum Gasteiger partial charge on any atom is -0.508 e. The minimum atomic E-state index is -0.0462. The Bertz CT molecular complexity index is 848. The first-order chi connectivity index (χ1) is 11.7. The monoisotopic (exact) mass is 322 g/mol. The maximum absolute atomic E-state index is 12.5. The quantitative estimate of drug-likeness (QED) is 0.759. The van der Waals surface area contributed by atoms with E-state index >= 15 is 0 Å². The summed E-state index contributed by atoms with van der Waals surface area (Å²) in [4.78, 5) is 24.4. The molecule has 2 heterocycles. The van der Waals surface area contributed by atoms with Crippen LogP contribution in [-0.2, 0) is 0 Å². The number of hydrogen-bond donors (Lipinski definition) is 2. The van der Waals surface area contributed by atoms with Gasteiger partial charge in [0.2, 0.25) is 5.95 Å². The van der Waals surface area contributed by atoms with Crippen LogP contribution in [0.25, 0.3) is 11.0 Å². The van der Waals surface area contributed by atoms with Crippen molar-refractivity contribution in [1.82, 2.24) is 14.9 Å². The summed E-state index contributed by atoms with van der Waals surface area (Å²) in [6.07, 6.45) is 0. The second-order valence-corrected chi connectivity index (χ2v) is 5.91. The van der Waals surface area contributed by atoms with Gasteiger partial charge in [0.1, 0.15) is 5.75 Å². The largest absolute Gasteiger partial charge is 0.508 e. The fraction of sp³-hybridized carbons (Fsp3) is 0.222. The number of fused-ring (bicyclic) bond motifs is 1. The lowest BCUT2D eigenvalue weighted by Gasteiger charge is -2.34. The van der Waals surface area contributed by atoms with Crippen molar-refractivity contribution in [2.75, 3.05) is 31.1 Å². The van der Waals surface area contributed by atoms with E-state index in [1.165, 1.54) is 6.07 Å². The van der Waals surface area contributed by atoms with Gasteiger partial charge in [0.05, 0.1) is 11.0 Å². The van der Waals surface area contributed by atoms with Crippen molar-refractivity contribution in [2.45, 2.75) is 0 Å². The number of nitrogens with one attached hydrogen (secondary N) is 1. The molecular weight excluding hydrogens is 304 g/mol. The van der Waals surface area contributed by atoms with Gasteiger partial charge in [-0.05, 0) is 30.3 Å². The average molecular weight is 322 g/mol. The predicted octanol–water partition coefficient (Wildman–Crippen LogP) is 2.23. The van der Waals surface area contributed by atoms with Crippen molar-refractivity contribution in [3.05, 3.63) is 54.1 Å². The van der Waals surface area contributed by atoms with Gasteiger partial charge >= 0.3 is 0 Å². The van der Waals surface area contributed by atoms with E-state index in [-0.39, 0.29) is 11.7 Å². The van der Waals surface area contributed by atoms with E-state index in [1.54, 1.807) is 18.2 Å². The van der Waals surface area contributed by atoms with Crippen LogP contribution in [0.4, 0.5) is 5.95 Å². The van der Waals surface area contributed by atoms with Crippen molar-refractivity contribution < 1.29 is 9.90 Å². The number of benzene rings is 2. The zero-order valence-electron chi connectivity index (χ0n) is 13.1. The van der Waals surface area contributed by atoms with E-state index in [4.69, 9.17) is 0 Å². The van der Waals surface area contributed by atoms with E-state index in [0.29, 0.717) is 18.7 Å². The fourth-order valence-electron chi connectivity index (χ4n) is 3.03. The first-order valence-corrected chi connectivity index (χ1v) is 7.99. The van der Waals surface area contributed by atoms with Gasteiger partial charge < -0.3 is 19.9 Å². The third-order valence-corrected chi connectivity index (χ3v) is 4.34. The molecule has 0 bridgehead atoms. The van der Waals surface area contributed by atoms with Crippen LogP contribution in [0.15, 0.2) is 48.5 Å². The number of imidazole rings is 1. The highest BCUT2D eigenvalue weighted by atomic mass is 16.3. The molecule has 0 saturated carbocycles. The molecule has 1 saturated heterocycles. The van der Waals surface area contributed by atoms with Crippen LogP contribution < -0.4 is 4.90 Å². The number of H-pyrrole nitrogens is 1. The lowest BCUT2D eigenvalue weighted by Crippen LogP contribution is -2.49. The smallest absolute Gasteiger partial charge is 0.254 e. The lowest BCUT2D eigenvalue weighted by molar-refractivity contribution is 0.0746. The van der Waals surface area contributed by atoms with Crippen LogP contribution in [0.1, 0.15) is 10.4 Å². The molecule has 0 unspecified atom stereocenters. The van der Waals surface area contributed by atoms with E-state index in [2.05, 4.69) is 14.9 Å². The van der Waals surface area contributed by atoms with Gasteiger partial charge in [-0.25, -0.2) is 4.98 Å². The Morgan fingerprint density at radius 1 is 1.04 bits per heavy atom. The summed E-state index contributed by atoms with van der Waals surface area (Å²) in [5.74, 6) is 0.914. The van der Waals surface area contributed by atoms with Crippen LogP contribution in [0.2, 0.25) is 0 Å². The van der Waals surface area contributed by atoms with Crippen molar-refractivity contribution >= 4 is 22.9 Å². The number of aromatic hydroxyl groups is 1. The zero-order chi connectivity index (χ0) is 16.5. The topological polar surface area (TPSA) is 72.5 Å². The number of anilines is 1. The van der Waals surface area contributed by atoms with Crippen molar-refractivity contribution in [3.8, 4) is 5.75 Å². The van der Waals surface area contributed by atoms with Crippen LogP contribution in [-0.4, -0.2) is 52.1 Å². The van der Waals surface area contributed by atoms with Gasteiger partial charge in [0.15, 0.2) is 0 Å². The number of phenolic OH excluding ortho intramolecular Hbond substituents is 1. The third kappa shape index (κ3) is 2.67. The molecule has 24 heavy (non-hydrogen) atoms. The Kier molecular flexibility index (Phi) is 3.57. The molecule has 1 aliphatic heterocycles. The minimum absolute atomic E-state index is 0.0462. The highest BCUT2D eigenvalue weighted by Crippen LogP contribution is 2.19. The molecule has 0 aliphatic carbocycles. The summed E-state index contributed by atoms with van der Waals surface area (Å²) in [6.45, 7) is 2.71. The maximum atomic E-state index is 12.5. The molecule has 3 aromatic rings. The number of nitrogens with zero attached hydrogens (tertiary/aromatic N) is 3. The molecule has 2 N–H and O–H groups in total. The van der Waals surface area contributed by atoms with E-state index in [0.717, 1.165) is 30.1 Å². The first-order valence-electron chi connectivity index (χ1n) is 7.99. The van der Waals surface area contributed by atoms with Crippen molar-refractivity contribution in [3.63, 3.8) is 0 Å². The predicted molar refractivity (Wildman–Crippen MR) is 92.3 cm³/mol.